The molecule has 1 rings (SSSR count). The first-order valence-electron chi connectivity index (χ1n) is 7.27. The number of hydrogen-bond donors (Lipinski definition) is 1. The summed E-state index contributed by atoms with van der Waals surface area (Å²) >= 11 is 0. The molecular formula is C15H28N2O3. The maximum Gasteiger partial charge on any atom is 0.159 e. The first-order valence-corrected chi connectivity index (χ1v) is 7.27. The van der Waals surface area contributed by atoms with Crippen molar-refractivity contribution in [3.05, 3.63) is 18.0 Å². The van der Waals surface area contributed by atoms with Crippen LogP contribution in [0.1, 0.15) is 51.8 Å². The summed E-state index contributed by atoms with van der Waals surface area (Å²) in [6.07, 6.45) is 4.62. The van der Waals surface area contributed by atoms with Gasteiger partial charge < -0.3 is 14.6 Å². The maximum absolute atomic E-state index is 10.5. The second kappa shape index (κ2) is 7.76. The second-order valence-corrected chi connectivity index (χ2v) is 5.54. The van der Waals surface area contributed by atoms with Gasteiger partial charge >= 0.3 is 0 Å². The molecule has 0 aromatic carbocycles. The molecule has 1 aromatic rings. The fourth-order valence-electron chi connectivity index (χ4n) is 2.42. The van der Waals surface area contributed by atoms with Crippen LogP contribution < -0.4 is 0 Å². The third-order valence-corrected chi connectivity index (χ3v) is 3.67. The van der Waals surface area contributed by atoms with E-state index in [9.17, 15) is 5.11 Å². The first kappa shape index (κ1) is 17.1. The zero-order valence-corrected chi connectivity index (χ0v) is 13.3. The van der Waals surface area contributed by atoms with Gasteiger partial charge in [-0.15, -0.1) is 0 Å². The van der Waals surface area contributed by atoms with Crippen LogP contribution in [-0.4, -0.2) is 41.0 Å². The molecule has 0 aliphatic rings. The average Bonchev–Trinajstić information content (AvgIpc) is 2.85. The van der Waals surface area contributed by atoms with Crippen LogP contribution in [0.5, 0.6) is 0 Å². The van der Waals surface area contributed by atoms with Gasteiger partial charge in [-0.2, -0.15) is 5.10 Å². The zero-order chi connectivity index (χ0) is 15.2. The van der Waals surface area contributed by atoms with Crippen LogP contribution >= 0.6 is 0 Å². The number of hydrogen-bond acceptors (Lipinski definition) is 4. The van der Waals surface area contributed by atoms with E-state index in [-0.39, 0.29) is 0 Å². The lowest BCUT2D eigenvalue weighted by molar-refractivity contribution is -0.140. The Morgan fingerprint density at radius 1 is 1.30 bits per heavy atom. The van der Waals surface area contributed by atoms with Crippen LogP contribution in [0, 0.1) is 0 Å². The monoisotopic (exact) mass is 284 g/mol. The fourth-order valence-corrected chi connectivity index (χ4v) is 2.42. The predicted molar refractivity (Wildman–Crippen MR) is 78.6 cm³/mol. The van der Waals surface area contributed by atoms with E-state index < -0.39 is 11.9 Å². The molecule has 0 fully saturated rings. The van der Waals surface area contributed by atoms with Crippen LogP contribution in [0.4, 0.5) is 0 Å². The van der Waals surface area contributed by atoms with Crippen molar-refractivity contribution in [1.29, 1.82) is 0 Å². The molecule has 20 heavy (non-hydrogen) atoms. The second-order valence-electron chi connectivity index (χ2n) is 5.54. The highest BCUT2D eigenvalue weighted by Gasteiger charge is 2.27. The quantitative estimate of drug-likeness (QED) is 0.708. The normalized spacial score (nSPS) is 15.0. The highest BCUT2D eigenvalue weighted by molar-refractivity contribution is 5.04. The van der Waals surface area contributed by atoms with Crippen LogP contribution in [0.25, 0.3) is 0 Å². The van der Waals surface area contributed by atoms with E-state index >= 15 is 0 Å². The van der Waals surface area contributed by atoms with Gasteiger partial charge in [0.05, 0.1) is 17.3 Å². The van der Waals surface area contributed by atoms with Gasteiger partial charge in [0.1, 0.15) is 0 Å². The summed E-state index contributed by atoms with van der Waals surface area (Å²) in [7, 11) is 3.15. The standard InChI is InChI=1S/C15H28N2O3/c1-6-13(7-2)17-9-8-12(16-17)10-15(3,18)11-14(19-4)20-5/h8-9,13-14,18H,6-7,10-11H2,1-5H3. The van der Waals surface area contributed by atoms with Crippen molar-refractivity contribution in [3.63, 3.8) is 0 Å². The summed E-state index contributed by atoms with van der Waals surface area (Å²) in [4.78, 5) is 0. The third-order valence-electron chi connectivity index (χ3n) is 3.67. The van der Waals surface area contributed by atoms with E-state index in [0.29, 0.717) is 18.9 Å². The van der Waals surface area contributed by atoms with E-state index in [4.69, 9.17) is 9.47 Å². The molecule has 0 spiro atoms. The lowest BCUT2D eigenvalue weighted by atomic mass is 9.96. The lowest BCUT2D eigenvalue weighted by Gasteiger charge is -2.26. The van der Waals surface area contributed by atoms with Gasteiger partial charge in [0.15, 0.2) is 6.29 Å². The predicted octanol–water partition coefficient (Wildman–Crippen LogP) is 2.55. The number of ether oxygens (including phenoxy) is 2. The van der Waals surface area contributed by atoms with Crippen molar-refractivity contribution in [1.82, 2.24) is 9.78 Å². The molecule has 1 heterocycles. The molecular weight excluding hydrogens is 256 g/mol. The van der Waals surface area contributed by atoms with Crippen molar-refractivity contribution >= 4 is 0 Å². The molecule has 116 valence electrons. The van der Waals surface area contributed by atoms with Crippen molar-refractivity contribution < 1.29 is 14.6 Å². The van der Waals surface area contributed by atoms with Crippen LogP contribution in [0.15, 0.2) is 12.3 Å². The molecule has 1 N–H and O–H groups in total. The van der Waals surface area contributed by atoms with E-state index in [2.05, 4.69) is 18.9 Å². The minimum Gasteiger partial charge on any atom is -0.390 e. The Labute approximate surface area is 121 Å². The molecule has 0 aliphatic carbocycles. The largest absolute Gasteiger partial charge is 0.390 e. The lowest BCUT2D eigenvalue weighted by Crippen LogP contribution is -2.34. The molecule has 1 aromatic heterocycles. The third kappa shape index (κ3) is 4.89. The Hall–Kier alpha value is -0.910. The first-order chi connectivity index (χ1) is 9.45. The fraction of sp³-hybridized carbons (Fsp3) is 0.800. The SMILES string of the molecule is CCC(CC)n1ccc(CC(C)(O)CC(OC)OC)n1. The van der Waals surface area contributed by atoms with Crippen LogP contribution in [0.2, 0.25) is 0 Å². The summed E-state index contributed by atoms with van der Waals surface area (Å²) < 4.78 is 12.3. The molecule has 1 atom stereocenters. The van der Waals surface area contributed by atoms with Gasteiger partial charge in [-0.3, -0.25) is 4.68 Å². The summed E-state index contributed by atoms with van der Waals surface area (Å²) in [6, 6.07) is 2.40. The van der Waals surface area contributed by atoms with Gasteiger partial charge in [0, 0.05) is 33.3 Å². The molecule has 0 saturated heterocycles. The Bertz CT molecular complexity index is 382. The van der Waals surface area contributed by atoms with E-state index in [1.165, 1.54) is 0 Å². The number of rotatable bonds is 9. The van der Waals surface area contributed by atoms with Crippen molar-refractivity contribution in [3.8, 4) is 0 Å². The molecule has 0 bridgehead atoms. The minimum absolute atomic E-state index is 0.397. The maximum atomic E-state index is 10.5. The van der Waals surface area contributed by atoms with Crippen LogP contribution in [-0.2, 0) is 15.9 Å². The van der Waals surface area contributed by atoms with Gasteiger partial charge in [-0.25, -0.2) is 0 Å². The van der Waals surface area contributed by atoms with Gasteiger partial charge in [0.2, 0.25) is 0 Å². The topological polar surface area (TPSA) is 56.5 Å². The van der Waals surface area contributed by atoms with E-state index in [0.717, 1.165) is 18.5 Å². The summed E-state index contributed by atoms with van der Waals surface area (Å²) in [6.45, 7) is 6.11. The molecule has 0 radical (unpaired) electrons. The number of nitrogens with zero attached hydrogens (tertiary/aromatic N) is 2. The highest BCUT2D eigenvalue weighted by atomic mass is 16.7. The Balaban J connectivity index is 2.67. The van der Waals surface area contributed by atoms with E-state index in [1.807, 2.05) is 16.9 Å². The Morgan fingerprint density at radius 3 is 2.40 bits per heavy atom. The Kier molecular flexibility index (Phi) is 6.65. The van der Waals surface area contributed by atoms with Gasteiger partial charge in [-0.1, -0.05) is 13.8 Å². The summed E-state index contributed by atoms with van der Waals surface area (Å²) in [5, 5.41) is 15.0. The zero-order valence-electron chi connectivity index (χ0n) is 13.3. The Morgan fingerprint density at radius 2 is 1.90 bits per heavy atom. The van der Waals surface area contributed by atoms with Gasteiger partial charge in [0.25, 0.3) is 0 Å². The smallest absolute Gasteiger partial charge is 0.159 e. The molecule has 5 nitrogen and oxygen atoms in total. The number of aliphatic hydroxyl groups is 1. The summed E-state index contributed by atoms with van der Waals surface area (Å²) in [5.74, 6) is 0. The van der Waals surface area contributed by atoms with Crippen molar-refractivity contribution in [2.24, 2.45) is 0 Å². The average molecular weight is 284 g/mol. The number of methoxy groups -OCH3 is 2. The van der Waals surface area contributed by atoms with E-state index in [1.54, 1.807) is 21.1 Å². The molecule has 0 saturated carbocycles. The molecule has 0 amide bonds. The molecule has 0 aliphatic heterocycles. The molecule has 1 unspecified atom stereocenters. The minimum atomic E-state index is -0.899. The summed E-state index contributed by atoms with van der Waals surface area (Å²) in [5.41, 5.74) is -0.00285. The molecule has 5 heteroatoms. The van der Waals surface area contributed by atoms with Gasteiger partial charge in [-0.05, 0) is 25.8 Å². The van der Waals surface area contributed by atoms with Crippen LogP contribution in [0.3, 0.4) is 0 Å². The van der Waals surface area contributed by atoms with Crippen molar-refractivity contribution in [2.45, 2.75) is 64.4 Å². The number of aromatic nitrogens is 2. The highest BCUT2D eigenvalue weighted by Crippen LogP contribution is 2.21. The van der Waals surface area contributed by atoms with Crippen molar-refractivity contribution in [2.75, 3.05) is 14.2 Å².